The number of halogens is 2. The fourth-order valence-corrected chi connectivity index (χ4v) is 1.95. The maximum atomic E-state index is 12.7. The van der Waals surface area contributed by atoms with Crippen molar-refractivity contribution in [1.82, 2.24) is 0 Å². The molecule has 0 aliphatic carbocycles. The van der Waals surface area contributed by atoms with Crippen molar-refractivity contribution in [2.75, 3.05) is 0 Å². The molecule has 0 atom stereocenters. The summed E-state index contributed by atoms with van der Waals surface area (Å²) in [6, 6.07) is 2.96. The minimum Gasteiger partial charge on any atom is -0.207 e. The summed E-state index contributed by atoms with van der Waals surface area (Å²) in [5.41, 5.74) is -0.644. The molecule has 1 aromatic rings. The van der Waals surface area contributed by atoms with E-state index in [1.54, 1.807) is 0 Å². The summed E-state index contributed by atoms with van der Waals surface area (Å²) in [6.45, 7) is 1.22. The zero-order valence-corrected chi connectivity index (χ0v) is 7.90. The van der Waals surface area contributed by atoms with Gasteiger partial charge in [-0.1, -0.05) is 0 Å². The zero-order valence-electron chi connectivity index (χ0n) is 7.08. The average Bonchev–Trinajstić information content (AvgIpc) is 1.99. The van der Waals surface area contributed by atoms with Crippen LogP contribution in [0.3, 0.4) is 0 Å². The molecule has 0 N–H and O–H groups in total. The molecule has 0 heterocycles. The van der Waals surface area contributed by atoms with Crippen LogP contribution >= 0.6 is 0 Å². The topological polar surface area (TPSA) is 57.9 Å². The Morgan fingerprint density at radius 1 is 1.43 bits per heavy atom. The lowest BCUT2D eigenvalue weighted by Gasteiger charge is -2.02. The molecule has 0 amide bonds. The van der Waals surface area contributed by atoms with Gasteiger partial charge in [0.25, 0.3) is 0 Å². The van der Waals surface area contributed by atoms with Gasteiger partial charge in [0.1, 0.15) is 16.8 Å². The van der Waals surface area contributed by atoms with E-state index in [1.807, 2.05) is 0 Å². The molecule has 6 heteroatoms. The van der Waals surface area contributed by atoms with Crippen LogP contribution in [-0.4, -0.2) is 8.42 Å². The van der Waals surface area contributed by atoms with E-state index in [1.165, 1.54) is 13.0 Å². The van der Waals surface area contributed by atoms with Gasteiger partial charge < -0.3 is 0 Å². The van der Waals surface area contributed by atoms with Gasteiger partial charge in [-0.2, -0.15) is 13.7 Å². The van der Waals surface area contributed by atoms with Gasteiger partial charge in [0, 0.05) is 0 Å². The first-order valence-electron chi connectivity index (χ1n) is 3.51. The van der Waals surface area contributed by atoms with Crippen LogP contribution < -0.4 is 0 Å². The molecule has 74 valence electrons. The zero-order chi connectivity index (χ0) is 10.9. The molecular formula is C8H5F2NO2S. The lowest BCUT2D eigenvalue weighted by Crippen LogP contribution is -2.00. The number of aryl methyl sites for hydroxylation is 1. The molecule has 0 saturated heterocycles. The quantitative estimate of drug-likeness (QED) is 0.672. The third kappa shape index (κ3) is 1.88. The first kappa shape index (κ1) is 10.6. The molecule has 0 aromatic heterocycles. The molecule has 0 saturated carbocycles. The van der Waals surface area contributed by atoms with Gasteiger partial charge in [-0.25, -0.2) is 4.39 Å². The Balaban J connectivity index is 3.68. The lowest BCUT2D eigenvalue weighted by molar-refractivity contribution is 0.550. The van der Waals surface area contributed by atoms with Crippen molar-refractivity contribution in [2.45, 2.75) is 11.8 Å². The summed E-state index contributed by atoms with van der Waals surface area (Å²) in [4.78, 5) is -0.763. The standard InChI is InChI=1S/C8H5F2NO2S/c1-5-2-7(9)3-6(4-11)8(5)14(10,12)13/h2-3H,1H3. The van der Waals surface area contributed by atoms with Gasteiger partial charge in [0.15, 0.2) is 0 Å². The molecule has 0 unspecified atom stereocenters. The van der Waals surface area contributed by atoms with Crippen molar-refractivity contribution in [3.63, 3.8) is 0 Å². The van der Waals surface area contributed by atoms with E-state index < -0.39 is 26.5 Å². The molecular weight excluding hydrogens is 212 g/mol. The Hall–Kier alpha value is -1.48. The highest BCUT2D eigenvalue weighted by molar-refractivity contribution is 7.86. The van der Waals surface area contributed by atoms with Crippen molar-refractivity contribution in [3.8, 4) is 6.07 Å². The minimum absolute atomic E-state index is 0.121. The Labute approximate surface area is 79.8 Å². The Morgan fingerprint density at radius 2 is 2.00 bits per heavy atom. The normalized spacial score (nSPS) is 11.0. The smallest absolute Gasteiger partial charge is 0.207 e. The van der Waals surface area contributed by atoms with Crippen LogP contribution in [0, 0.1) is 24.1 Å². The highest BCUT2D eigenvalue weighted by Crippen LogP contribution is 2.22. The number of benzene rings is 1. The van der Waals surface area contributed by atoms with Crippen LogP contribution in [0.25, 0.3) is 0 Å². The second-order valence-corrected chi connectivity index (χ2v) is 3.93. The Bertz CT molecular complexity index is 517. The number of nitrogens with zero attached hydrogens (tertiary/aromatic N) is 1. The van der Waals surface area contributed by atoms with Gasteiger partial charge >= 0.3 is 10.2 Å². The van der Waals surface area contributed by atoms with Crippen LogP contribution in [0.1, 0.15) is 11.1 Å². The van der Waals surface area contributed by atoms with E-state index in [2.05, 4.69) is 0 Å². The first-order valence-corrected chi connectivity index (χ1v) is 4.89. The molecule has 0 aliphatic rings. The van der Waals surface area contributed by atoms with Crippen LogP contribution in [-0.2, 0) is 10.2 Å². The van der Waals surface area contributed by atoms with Crippen molar-refractivity contribution >= 4 is 10.2 Å². The van der Waals surface area contributed by atoms with Crippen molar-refractivity contribution < 1.29 is 16.7 Å². The van der Waals surface area contributed by atoms with Gasteiger partial charge in [0.05, 0.1) is 5.56 Å². The first-order chi connectivity index (χ1) is 6.36. The second-order valence-electron chi connectivity index (χ2n) is 2.65. The summed E-state index contributed by atoms with van der Waals surface area (Å²) in [6.07, 6.45) is 0. The molecule has 0 spiro atoms. The minimum atomic E-state index is -4.98. The van der Waals surface area contributed by atoms with E-state index in [0.29, 0.717) is 6.07 Å². The Kier molecular flexibility index (Phi) is 2.53. The maximum absolute atomic E-state index is 12.7. The fraction of sp³-hybridized carbons (Fsp3) is 0.125. The summed E-state index contributed by atoms with van der Waals surface area (Å²) in [5, 5.41) is 8.48. The fourth-order valence-electron chi connectivity index (χ4n) is 1.14. The van der Waals surface area contributed by atoms with E-state index in [4.69, 9.17) is 5.26 Å². The van der Waals surface area contributed by atoms with Gasteiger partial charge in [-0.15, -0.1) is 3.89 Å². The largest absolute Gasteiger partial charge is 0.333 e. The molecule has 0 radical (unpaired) electrons. The van der Waals surface area contributed by atoms with Crippen LogP contribution in [0.15, 0.2) is 17.0 Å². The second kappa shape index (κ2) is 3.35. The summed E-state index contributed by atoms with van der Waals surface area (Å²) >= 11 is 0. The average molecular weight is 217 g/mol. The third-order valence-corrected chi connectivity index (χ3v) is 2.63. The number of hydrogen-bond donors (Lipinski definition) is 0. The highest BCUT2D eigenvalue weighted by atomic mass is 32.3. The van der Waals surface area contributed by atoms with E-state index in [-0.39, 0.29) is 5.56 Å². The van der Waals surface area contributed by atoms with E-state index in [9.17, 15) is 16.7 Å². The number of rotatable bonds is 1. The SMILES string of the molecule is Cc1cc(F)cc(C#N)c1S(=O)(=O)F. The number of nitriles is 1. The predicted octanol–water partition coefficient (Wildman–Crippen LogP) is 1.66. The maximum Gasteiger partial charge on any atom is 0.333 e. The Morgan fingerprint density at radius 3 is 2.43 bits per heavy atom. The van der Waals surface area contributed by atoms with Crippen molar-refractivity contribution in [3.05, 3.63) is 29.1 Å². The van der Waals surface area contributed by atoms with Gasteiger partial charge in [-0.05, 0) is 24.6 Å². The van der Waals surface area contributed by atoms with Crippen molar-refractivity contribution in [1.29, 1.82) is 5.26 Å². The highest BCUT2D eigenvalue weighted by Gasteiger charge is 2.21. The van der Waals surface area contributed by atoms with Gasteiger partial charge in [-0.3, -0.25) is 0 Å². The van der Waals surface area contributed by atoms with Crippen molar-refractivity contribution in [2.24, 2.45) is 0 Å². The molecule has 14 heavy (non-hydrogen) atoms. The lowest BCUT2D eigenvalue weighted by atomic mass is 10.1. The van der Waals surface area contributed by atoms with E-state index >= 15 is 0 Å². The van der Waals surface area contributed by atoms with E-state index in [0.717, 1.165) is 6.07 Å². The van der Waals surface area contributed by atoms with Crippen LogP contribution in [0.5, 0.6) is 0 Å². The van der Waals surface area contributed by atoms with Crippen LogP contribution in [0.2, 0.25) is 0 Å². The molecule has 1 aromatic carbocycles. The monoisotopic (exact) mass is 217 g/mol. The third-order valence-electron chi connectivity index (χ3n) is 1.60. The molecule has 0 aliphatic heterocycles. The predicted molar refractivity (Wildman–Crippen MR) is 44.1 cm³/mol. The summed E-state index contributed by atoms with van der Waals surface area (Å²) in [7, 11) is -4.98. The molecule has 1 rings (SSSR count). The summed E-state index contributed by atoms with van der Waals surface area (Å²) in [5.74, 6) is -0.772. The molecule has 3 nitrogen and oxygen atoms in total. The summed E-state index contributed by atoms with van der Waals surface area (Å²) < 4.78 is 46.6. The van der Waals surface area contributed by atoms with Gasteiger partial charge in [0.2, 0.25) is 0 Å². The number of hydrogen-bond acceptors (Lipinski definition) is 3. The molecule has 0 fully saturated rings. The van der Waals surface area contributed by atoms with Crippen LogP contribution in [0.4, 0.5) is 8.28 Å². The molecule has 0 bridgehead atoms.